The summed E-state index contributed by atoms with van der Waals surface area (Å²) in [4.78, 5) is 0. The number of hydrogen-bond donors (Lipinski definition) is 0. The van der Waals surface area contributed by atoms with Crippen molar-refractivity contribution in [2.24, 2.45) is 0 Å². The number of hydrogen-bond acceptors (Lipinski definition) is 2. The van der Waals surface area contributed by atoms with Gasteiger partial charge >= 0.3 is 0 Å². The molecule has 0 fully saturated rings. The van der Waals surface area contributed by atoms with Crippen LogP contribution in [0.3, 0.4) is 0 Å². The van der Waals surface area contributed by atoms with Crippen LogP contribution in [0.5, 0.6) is 5.88 Å². The first-order valence-corrected chi connectivity index (χ1v) is 10.7. The van der Waals surface area contributed by atoms with Gasteiger partial charge in [0.05, 0.1) is 17.0 Å². The highest BCUT2D eigenvalue weighted by molar-refractivity contribution is 5.80. The molecule has 0 aliphatic carbocycles. The molecule has 0 spiro atoms. The van der Waals surface area contributed by atoms with Gasteiger partial charge in [-0.15, -0.1) is 0 Å². The molecule has 4 aromatic carbocycles. The zero-order valence-electron chi connectivity index (χ0n) is 17.8. The minimum absolute atomic E-state index is 0.293. The summed E-state index contributed by atoms with van der Waals surface area (Å²) in [6, 6.07) is 39.2. The molecule has 0 bridgehead atoms. The van der Waals surface area contributed by atoms with E-state index in [-0.39, 0.29) is 0 Å². The SMILES string of the molecule is FC(Oc1cc(-c2ccccc2)nn1-c1ccccc1)=C(c1ccccc1)c1ccccc1. The monoisotopic (exact) mass is 432 g/mol. The van der Waals surface area contributed by atoms with E-state index >= 15 is 4.39 Å². The molecule has 5 rings (SSSR count). The normalized spacial score (nSPS) is 10.6. The van der Waals surface area contributed by atoms with Gasteiger partial charge < -0.3 is 4.74 Å². The van der Waals surface area contributed by atoms with Crippen LogP contribution >= 0.6 is 0 Å². The number of aromatic nitrogens is 2. The lowest BCUT2D eigenvalue weighted by Crippen LogP contribution is -2.03. The minimum Gasteiger partial charge on any atom is -0.412 e. The lowest BCUT2D eigenvalue weighted by molar-refractivity contribution is 0.289. The second-order valence-corrected chi connectivity index (χ2v) is 7.46. The topological polar surface area (TPSA) is 27.1 Å². The Hall–Kier alpha value is -4.44. The van der Waals surface area contributed by atoms with Crippen molar-refractivity contribution in [3.8, 4) is 22.8 Å². The molecule has 33 heavy (non-hydrogen) atoms. The third-order valence-electron chi connectivity index (χ3n) is 5.26. The summed E-state index contributed by atoms with van der Waals surface area (Å²) in [6.07, 6.45) is 0. The standard InChI is InChI=1S/C29H21FN2O/c30-29(28(23-15-7-2-8-16-23)24-17-9-3-10-18-24)33-27-21-26(22-13-5-1-6-14-22)31-32(27)25-19-11-4-12-20-25/h1-21H. The number of benzene rings is 4. The number of rotatable bonds is 6. The fourth-order valence-electron chi connectivity index (χ4n) is 3.69. The molecule has 0 N–H and O–H groups in total. The maximum absolute atomic E-state index is 15.8. The summed E-state index contributed by atoms with van der Waals surface area (Å²) in [5.41, 5.74) is 4.25. The van der Waals surface area contributed by atoms with Crippen LogP contribution in [0, 0.1) is 0 Å². The summed E-state index contributed by atoms with van der Waals surface area (Å²) in [5.74, 6) is 0.293. The third-order valence-corrected chi connectivity index (χ3v) is 5.26. The quantitative estimate of drug-likeness (QED) is 0.263. The Bertz CT molecular complexity index is 1320. The molecule has 1 aromatic heterocycles. The van der Waals surface area contributed by atoms with E-state index in [9.17, 15) is 0 Å². The lowest BCUT2D eigenvalue weighted by Gasteiger charge is -2.12. The molecule has 5 aromatic rings. The van der Waals surface area contributed by atoms with Crippen LogP contribution < -0.4 is 4.74 Å². The van der Waals surface area contributed by atoms with Gasteiger partial charge in [0.25, 0.3) is 6.01 Å². The second-order valence-electron chi connectivity index (χ2n) is 7.46. The van der Waals surface area contributed by atoms with Crippen LogP contribution in [-0.2, 0) is 0 Å². The highest BCUT2D eigenvalue weighted by Crippen LogP contribution is 2.32. The van der Waals surface area contributed by atoms with E-state index in [1.54, 1.807) is 10.7 Å². The van der Waals surface area contributed by atoms with E-state index in [0.717, 1.165) is 22.4 Å². The summed E-state index contributed by atoms with van der Waals surface area (Å²) in [7, 11) is 0. The van der Waals surface area contributed by atoms with Gasteiger partial charge in [-0.3, -0.25) is 0 Å². The van der Waals surface area contributed by atoms with Crippen molar-refractivity contribution in [3.05, 3.63) is 145 Å². The van der Waals surface area contributed by atoms with Gasteiger partial charge in [0.15, 0.2) is 0 Å². The molecule has 0 amide bonds. The average molecular weight is 432 g/mol. The van der Waals surface area contributed by atoms with Crippen LogP contribution in [0.1, 0.15) is 11.1 Å². The van der Waals surface area contributed by atoms with Crippen LogP contribution in [0.25, 0.3) is 22.5 Å². The molecule has 1 heterocycles. The number of nitrogens with zero attached hydrogens (tertiary/aromatic N) is 2. The van der Waals surface area contributed by atoms with Crippen molar-refractivity contribution < 1.29 is 9.13 Å². The molecule has 0 radical (unpaired) electrons. The molecule has 0 aliphatic rings. The van der Waals surface area contributed by atoms with Crippen molar-refractivity contribution in [2.45, 2.75) is 0 Å². The number of halogens is 1. The largest absolute Gasteiger partial charge is 0.412 e. The fourth-order valence-corrected chi connectivity index (χ4v) is 3.69. The molecule has 0 atom stereocenters. The average Bonchev–Trinajstić information content (AvgIpc) is 3.30. The Kier molecular flexibility index (Phi) is 5.81. The molecule has 0 saturated carbocycles. The van der Waals surface area contributed by atoms with Crippen LogP contribution in [-0.4, -0.2) is 9.78 Å². The van der Waals surface area contributed by atoms with E-state index in [2.05, 4.69) is 0 Å². The predicted octanol–water partition coefficient (Wildman–Crippen LogP) is 7.30. The van der Waals surface area contributed by atoms with Crippen LogP contribution in [0.4, 0.5) is 4.39 Å². The minimum atomic E-state index is -0.691. The first-order valence-electron chi connectivity index (χ1n) is 10.7. The molecule has 0 aliphatic heterocycles. The predicted molar refractivity (Wildman–Crippen MR) is 130 cm³/mol. The lowest BCUT2D eigenvalue weighted by atomic mass is 9.99. The highest BCUT2D eigenvalue weighted by atomic mass is 19.1. The zero-order chi connectivity index (χ0) is 22.5. The maximum Gasteiger partial charge on any atom is 0.288 e. The van der Waals surface area contributed by atoms with Crippen molar-refractivity contribution in [1.82, 2.24) is 9.78 Å². The van der Waals surface area contributed by atoms with Crippen molar-refractivity contribution in [2.75, 3.05) is 0 Å². The molecular formula is C29H21FN2O. The molecule has 3 nitrogen and oxygen atoms in total. The van der Waals surface area contributed by atoms with Gasteiger partial charge in [-0.05, 0) is 23.3 Å². The van der Waals surface area contributed by atoms with E-state index < -0.39 is 6.01 Å². The summed E-state index contributed by atoms with van der Waals surface area (Å²) in [5, 5.41) is 4.71. The van der Waals surface area contributed by atoms with Crippen molar-refractivity contribution in [1.29, 1.82) is 0 Å². The van der Waals surface area contributed by atoms with E-state index in [1.807, 2.05) is 121 Å². The van der Waals surface area contributed by atoms with Crippen LogP contribution in [0.2, 0.25) is 0 Å². The Morgan fingerprint density at radius 2 is 1.12 bits per heavy atom. The number of para-hydroxylation sites is 1. The molecule has 160 valence electrons. The summed E-state index contributed by atoms with van der Waals surface area (Å²) in [6.45, 7) is 0. The Morgan fingerprint density at radius 3 is 1.67 bits per heavy atom. The van der Waals surface area contributed by atoms with Gasteiger partial charge in [0, 0.05) is 11.6 Å². The number of ether oxygens (including phenoxy) is 1. The Balaban J connectivity index is 1.64. The van der Waals surface area contributed by atoms with Gasteiger partial charge in [0.2, 0.25) is 5.88 Å². The van der Waals surface area contributed by atoms with E-state index in [4.69, 9.17) is 9.84 Å². The van der Waals surface area contributed by atoms with Gasteiger partial charge in [-0.1, -0.05) is 109 Å². The Labute approximate surface area is 192 Å². The smallest absolute Gasteiger partial charge is 0.288 e. The maximum atomic E-state index is 15.8. The van der Waals surface area contributed by atoms with Gasteiger partial charge in [-0.2, -0.15) is 9.49 Å². The summed E-state index contributed by atoms with van der Waals surface area (Å²) >= 11 is 0. The van der Waals surface area contributed by atoms with Gasteiger partial charge in [-0.25, -0.2) is 4.68 Å². The first-order chi connectivity index (χ1) is 16.3. The van der Waals surface area contributed by atoms with Crippen LogP contribution in [0.15, 0.2) is 133 Å². The fraction of sp³-hybridized carbons (Fsp3) is 0. The highest BCUT2D eigenvalue weighted by Gasteiger charge is 2.18. The molecule has 0 unspecified atom stereocenters. The second kappa shape index (κ2) is 9.37. The van der Waals surface area contributed by atoms with E-state index in [0.29, 0.717) is 17.1 Å². The zero-order valence-corrected chi connectivity index (χ0v) is 17.8. The van der Waals surface area contributed by atoms with Crippen molar-refractivity contribution >= 4 is 5.57 Å². The third kappa shape index (κ3) is 4.46. The molecule has 4 heteroatoms. The van der Waals surface area contributed by atoms with Crippen molar-refractivity contribution in [3.63, 3.8) is 0 Å². The Morgan fingerprint density at radius 1 is 0.636 bits per heavy atom. The molecular weight excluding hydrogens is 411 g/mol. The summed E-state index contributed by atoms with van der Waals surface area (Å²) < 4.78 is 23.4. The van der Waals surface area contributed by atoms with E-state index in [1.165, 1.54) is 0 Å². The molecule has 0 saturated heterocycles. The van der Waals surface area contributed by atoms with Gasteiger partial charge in [0.1, 0.15) is 0 Å². The first kappa shape index (κ1) is 20.5.